The molecule has 4 heteroatoms. The molecule has 0 aliphatic heterocycles. The average Bonchev–Trinajstić information content (AvgIpc) is 3.27. The topological polar surface area (TPSA) is 21.7 Å². The zero-order valence-electron chi connectivity index (χ0n) is 18.1. The molecular formula is C26H26N3S+. The van der Waals surface area contributed by atoms with Crippen LogP contribution >= 0.6 is 11.3 Å². The number of rotatable bonds is 2. The summed E-state index contributed by atoms with van der Waals surface area (Å²) < 4.78 is 5.92. The van der Waals surface area contributed by atoms with Gasteiger partial charge in [0, 0.05) is 5.41 Å². The van der Waals surface area contributed by atoms with E-state index in [0.29, 0.717) is 0 Å². The van der Waals surface area contributed by atoms with Gasteiger partial charge < -0.3 is 0 Å². The fourth-order valence-electron chi connectivity index (χ4n) is 4.09. The van der Waals surface area contributed by atoms with Gasteiger partial charge >= 0.3 is 0 Å². The summed E-state index contributed by atoms with van der Waals surface area (Å²) >= 11 is 1.81. The van der Waals surface area contributed by atoms with Gasteiger partial charge in [-0.25, -0.2) is 9.55 Å². The van der Waals surface area contributed by atoms with Crippen molar-refractivity contribution in [3.8, 4) is 17.1 Å². The molecule has 0 spiro atoms. The molecule has 3 nitrogen and oxygen atoms in total. The number of nitrogens with zero attached hydrogens (tertiary/aromatic N) is 3. The molecule has 0 bridgehead atoms. The van der Waals surface area contributed by atoms with Crippen LogP contribution in [0, 0.1) is 6.92 Å². The lowest BCUT2D eigenvalue weighted by atomic mass is 9.98. The minimum absolute atomic E-state index is 0.0569. The first-order valence-corrected chi connectivity index (χ1v) is 11.1. The summed E-state index contributed by atoms with van der Waals surface area (Å²) in [5, 5.41) is 1.18. The van der Waals surface area contributed by atoms with Crippen molar-refractivity contribution in [2.45, 2.75) is 33.1 Å². The molecule has 0 saturated carbocycles. The maximum atomic E-state index is 4.93. The van der Waals surface area contributed by atoms with Gasteiger partial charge in [-0.3, -0.25) is 0 Å². The predicted octanol–water partition coefficient (Wildman–Crippen LogP) is 6.34. The van der Waals surface area contributed by atoms with Gasteiger partial charge in [0.1, 0.15) is 5.69 Å². The summed E-state index contributed by atoms with van der Waals surface area (Å²) in [7, 11) is 2.16. The number of imidazole rings is 1. The van der Waals surface area contributed by atoms with Gasteiger partial charge in [0.15, 0.2) is 11.0 Å². The molecule has 5 aromatic rings. The summed E-state index contributed by atoms with van der Waals surface area (Å²) in [6.45, 7) is 8.88. The van der Waals surface area contributed by atoms with E-state index in [1.54, 1.807) is 11.3 Å². The Morgan fingerprint density at radius 2 is 1.63 bits per heavy atom. The lowest BCUT2D eigenvalue weighted by molar-refractivity contribution is -0.633. The molecule has 0 unspecified atom stereocenters. The first-order valence-electron chi connectivity index (χ1n) is 10.3. The van der Waals surface area contributed by atoms with Gasteiger partial charge in [-0.05, 0) is 48.9 Å². The first kappa shape index (κ1) is 19.0. The van der Waals surface area contributed by atoms with E-state index in [2.05, 4.69) is 111 Å². The van der Waals surface area contributed by atoms with Crippen molar-refractivity contribution in [2.24, 2.45) is 7.05 Å². The molecule has 2 aromatic heterocycles. The molecule has 150 valence electrons. The minimum Gasteiger partial charge on any atom is -0.241 e. The van der Waals surface area contributed by atoms with Crippen molar-refractivity contribution in [1.29, 1.82) is 0 Å². The van der Waals surface area contributed by atoms with Gasteiger partial charge in [0.05, 0.1) is 27.8 Å². The Morgan fingerprint density at radius 3 is 2.37 bits per heavy atom. The van der Waals surface area contributed by atoms with Crippen LogP contribution in [0.1, 0.15) is 31.3 Å². The number of para-hydroxylation sites is 3. The van der Waals surface area contributed by atoms with Crippen LogP contribution in [0.3, 0.4) is 0 Å². The molecule has 0 aliphatic rings. The van der Waals surface area contributed by atoms with E-state index in [1.807, 2.05) is 0 Å². The molecule has 30 heavy (non-hydrogen) atoms. The van der Waals surface area contributed by atoms with Crippen molar-refractivity contribution in [2.75, 3.05) is 0 Å². The lowest BCUT2D eigenvalue weighted by Gasteiger charge is -2.13. The summed E-state index contributed by atoms with van der Waals surface area (Å²) in [5.41, 5.74) is 7.23. The Balaban J connectivity index is 1.84. The summed E-state index contributed by atoms with van der Waals surface area (Å²) in [6, 6.07) is 23.8. The lowest BCUT2D eigenvalue weighted by Crippen LogP contribution is -2.30. The molecule has 0 aliphatic carbocycles. The van der Waals surface area contributed by atoms with Gasteiger partial charge in [-0.1, -0.05) is 51.1 Å². The van der Waals surface area contributed by atoms with Crippen molar-refractivity contribution in [1.82, 2.24) is 9.55 Å². The highest BCUT2D eigenvalue weighted by molar-refractivity contribution is 7.18. The fourth-order valence-corrected chi connectivity index (χ4v) is 5.14. The van der Waals surface area contributed by atoms with Gasteiger partial charge in [-0.15, -0.1) is 11.3 Å². The Morgan fingerprint density at radius 1 is 0.933 bits per heavy atom. The molecular weight excluding hydrogens is 386 g/mol. The standard InChI is InChI=1S/C26H26N3S/c1-17-15-20-23(30-25(27-20)26(2,3)4)16-19(17)24-28(5)21-13-9-10-14-22(21)29(24)18-11-7-6-8-12-18/h6-16H,1-5H3/q+1. The number of hydrogen-bond acceptors (Lipinski definition) is 2. The van der Waals surface area contributed by atoms with E-state index in [0.717, 1.165) is 5.52 Å². The van der Waals surface area contributed by atoms with Gasteiger partial charge in [0.25, 0.3) is 5.82 Å². The van der Waals surface area contributed by atoms with E-state index in [9.17, 15) is 0 Å². The number of thiazole rings is 1. The van der Waals surface area contributed by atoms with E-state index in [-0.39, 0.29) is 5.41 Å². The zero-order valence-corrected chi connectivity index (χ0v) is 18.9. The second-order valence-corrected chi connectivity index (χ2v) is 9.98. The average molecular weight is 413 g/mol. The highest BCUT2D eigenvalue weighted by atomic mass is 32.1. The largest absolute Gasteiger partial charge is 0.295 e. The van der Waals surface area contributed by atoms with E-state index >= 15 is 0 Å². The van der Waals surface area contributed by atoms with Crippen molar-refractivity contribution in [3.05, 3.63) is 77.3 Å². The number of hydrogen-bond donors (Lipinski definition) is 0. The molecule has 0 fully saturated rings. The Hall–Kier alpha value is -2.98. The monoisotopic (exact) mass is 412 g/mol. The van der Waals surface area contributed by atoms with E-state index < -0.39 is 0 Å². The highest BCUT2D eigenvalue weighted by Gasteiger charge is 2.28. The molecule has 0 amide bonds. The summed E-state index contributed by atoms with van der Waals surface area (Å²) in [4.78, 5) is 4.93. The molecule has 0 atom stereocenters. The minimum atomic E-state index is 0.0569. The smallest absolute Gasteiger partial charge is 0.241 e. The van der Waals surface area contributed by atoms with Crippen molar-refractivity contribution >= 4 is 32.6 Å². The maximum absolute atomic E-state index is 4.93. The maximum Gasteiger partial charge on any atom is 0.295 e. The Kier molecular flexibility index (Phi) is 4.30. The third-order valence-corrected chi connectivity index (χ3v) is 7.09. The van der Waals surface area contributed by atoms with Crippen LogP contribution in [0.15, 0.2) is 66.7 Å². The highest BCUT2D eigenvalue weighted by Crippen LogP contribution is 2.36. The second kappa shape index (κ2) is 6.78. The van der Waals surface area contributed by atoms with Crippen LogP contribution < -0.4 is 4.57 Å². The summed E-state index contributed by atoms with van der Waals surface area (Å²) in [6.07, 6.45) is 0. The normalized spacial score (nSPS) is 12.2. The molecule has 5 rings (SSSR count). The third-order valence-electron chi connectivity index (χ3n) is 5.64. The molecule has 2 heterocycles. The van der Waals surface area contributed by atoms with E-state index in [1.165, 1.54) is 43.4 Å². The van der Waals surface area contributed by atoms with Crippen molar-refractivity contribution < 1.29 is 4.57 Å². The van der Waals surface area contributed by atoms with Gasteiger partial charge in [0.2, 0.25) is 0 Å². The molecule has 0 N–H and O–H groups in total. The SMILES string of the molecule is Cc1cc2nc(C(C)(C)C)sc2cc1-c1n(-c2ccccc2)c2ccccc2[n+]1C. The van der Waals surface area contributed by atoms with Crippen LogP contribution in [-0.4, -0.2) is 9.55 Å². The number of benzene rings is 3. The molecule has 0 radical (unpaired) electrons. The molecule has 3 aromatic carbocycles. The number of aromatic nitrogens is 3. The first-order chi connectivity index (χ1) is 14.3. The van der Waals surface area contributed by atoms with Gasteiger partial charge in [-0.2, -0.15) is 4.57 Å². The number of aryl methyl sites for hydroxylation is 2. The third kappa shape index (κ3) is 2.94. The summed E-state index contributed by atoms with van der Waals surface area (Å²) in [5.74, 6) is 1.19. The van der Waals surface area contributed by atoms with Crippen LogP contribution in [0.25, 0.3) is 38.3 Å². The van der Waals surface area contributed by atoms with Crippen LogP contribution in [0.4, 0.5) is 0 Å². The van der Waals surface area contributed by atoms with Crippen molar-refractivity contribution in [3.63, 3.8) is 0 Å². The molecule has 0 saturated heterocycles. The number of fused-ring (bicyclic) bond motifs is 2. The second-order valence-electron chi connectivity index (χ2n) is 8.95. The zero-order chi connectivity index (χ0) is 21.0. The Bertz CT molecular complexity index is 1390. The quantitative estimate of drug-likeness (QED) is 0.310. The predicted molar refractivity (Wildman–Crippen MR) is 127 cm³/mol. The van der Waals surface area contributed by atoms with Crippen LogP contribution in [-0.2, 0) is 12.5 Å². The Labute approximate surface area is 181 Å². The fraction of sp³-hybridized carbons (Fsp3) is 0.231. The van der Waals surface area contributed by atoms with Crippen LogP contribution in [0.5, 0.6) is 0 Å². The van der Waals surface area contributed by atoms with Crippen LogP contribution in [0.2, 0.25) is 0 Å². The van der Waals surface area contributed by atoms with E-state index in [4.69, 9.17) is 4.98 Å².